The number of rotatable bonds is 6. The van der Waals surface area contributed by atoms with Gasteiger partial charge in [0.2, 0.25) is 5.91 Å². The molecule has 2 rings (SSSR count). The number of piperidine rings is 1. The van der Waals surface area contributed by atoms with Crippen molar-refractivity contribution < 1.29 is 9.53 Å². The molecule has 1 heterocycles. The largest absolute Gasteiger partial charge is 0.381 e. The quantitative estimate of drug-likeness (QED) is 0.831. The first-order valence-corrected chi connectivity index (χ1v) is 8.43. The Morgan fingerprint density at radius 1 is 1.52 bits per heavy atom. The Morgan fingerprint density at radius 2 is 2.26 bits per heavy atom. The summed E-state index contributed by atoms with van der Waals surface area (Å²) < 4.78 is 5.41. The Morgan fingerprint density at radius 3 is 2.91 bits per heavy atom. The molecule has 1 aliphatic heterocycles. The van der Waals surface area contributed by atoms with Crippen LogP contribution in [0.1, 0.15) is 31.4 Å². The normalized spacial score (nSPS) is 23.5. The summed E-state index contributed by atoms with van der Waals surface area (Å²) in [6.45, 7) is 3.66. The van der Waals surface area contributed by atoms with Crippen molar-refractivity contribution in [1.82, 2.24) is 10.2 Å². The van der Waals surface area contributed by atoms with E-state index in [9.17, 15) is 4.79 Å². The molecule has 128 valence electrons. The summed E-state index contributed by atoms with van der Waals surface area (Å²) in [5.74, 6) is -0.00765. The van der Waals surface area contributed by atoms with E-state index in [0.717, 1.165) is 24.9 Å². The number of carbonyl (C=O) groups is 1. The van der Waals surface area contributed by atoms with Gasteiger partial charge in [0.25, 0.3) is 0 Å². The highest BCUT2D eigenvalue weighted by Crippen LogP contribution is 2.22. The van der Waals surface area contributed by atoms with Crippen molar-refractivity contribution in [2.45, 2.75) is 38.0 Å². The Labute approximate surface area is 143 Å². The minimum atomic E-state index is -0.121. The molecule has 6 heteroatoms. The maximum atomic E-state index is 12.4. The molecule has 23 heavy (non-hydrogen) atoms. The Bertz CT molecular complexity index is 526. The Balaban J connectivity index is 1.90. The zero-order valence-corrected chi connectivity index (χ0v) is 14.6. The average Bonchev–Trinajstić information content (AvgIpc) is 2.55. The number of nitrogens with two attached hydrogens (primary N) is 1. The molecular weight excluding hydrogens is 314 g/mol. The van der Waals surface area contributed by atoms with Gasteiger partial charge in [0, 0.05) is 31.3 Å². The van der Waals surface area contributed by atoms with Crippen LogP contribution in [0.15, 0.2) is 24.3 Å². The van der Waals surface area contributed by atoms with E-state index >= 15 is 0 Å². The molecule has 0 aromatic heterocycles. The van der Waals surface area contributed by atoms with Gasteiger partial charge in [-0.1, -0.05) is 29.8 Å². The number of halogens is 1. The van der Waals surface area contributed by atoms with Crippen LogP contribution in [0.5, 0.6) is 0 Å². The molecule has 1 aromatic rings. The highest BCUT2D eigenvalue weighted by molar-refractivity contribution is 6.31. The topological polar surface area (TPSA) is 67.6 Å². The maximum absolute atomic E-state index is 12.4. The molecule has 3 atom stereocenters. The molecule has 1 fully saturated rings. The van der Waals surface area contributed by atoms with Crippen LogP contribution in [0.4, 0.5) is 0 Å². The maximum Gasteiger partial charge on any atom is 0.234 e. The van der Waals surface area contributed by atoms with Crippen molar-refractivity contribution in [3.63, 3.8) is 0 Å². The van der Waals surface area contributed by atoms with Gasteiger partial charge in [-0.25, -0.2) is 0 Å². The molecule has 0 bridgehead atoms. The van der Waals surface area contributed by atoms with Gasteiger partial charge < -0.3 is 15.8 Å². The van der Waals surface area contributed by atoms with Crippen molar-refractivity contribution in [2.24, 2.45) is 5.73 Å². The lowest BCUT2D eigenvalue weighted by Gasteiger charge is -2.38. The number of nitrogens with zero attached hydrogens (tertiary/aromatic N) is 1. The highest BCUT2D eigenvalue weighted by Gasteiger charge is 2.29. The third-order valence-corrected chi connectivity index (χ3v) is 4.84. The molecular formula is C17H26ClN3O2. The lowest BCUT2D eigenvalue weighted by molar-refractivity contribution is -0.124. The van der Waals surface area contributed by atoms with Gasteiger partial charge in [0.1, 0.15) is 0 Å². The van der Waals surface area contributed by atoms with Crippen LogP contribution in [-0.2, 0) is 9.53 Å². The van der Waals surface area contributed by atoms with Gasteiger partial charge in [0.05, 0.1) is 18.7 Å². The van der Waals surface area contributed by atoms with Crippen molar-refractivity contribution >= 4 is 17.5 Å². The van der Waals surface area contributed by atoms with Crippen molar-refractivity contribution in [3.05, 3.63) is 34.9 Å². The summed E-state index contributed by atoms with van der Waals surface area (Å²) in [7, 11) is 1.73. The van der Waals surface area contributed by atoms with Crippen LogP contribution in [0.25, 0.3) is 0 Å². The van der Waals surface area contributed by atoms with Crippen LogP contribution in [0.3, 0.4) is 0 Å². The summed E-state index contributed by atoms with van der Waals surface area (Å²) in [5, 5.41) is 3.68. The molecule has 0 radical (unpaired) electrons. The lowest BCUT2D eigenvalue weighted by atomic mass is 9.99. The van der Waals surface area contributed by atoms with E-state index in [1.165, 1.54) is 0 Å². The van der Waals surface area contributed by atoms with Gasteiger partial charge in [0.15, 0.2) is 0 Å². The molecule has 1 saturated heterocycles. The number of hydrogen-bond donors (Lipinski definition) is 2. The fourth-order valence-electron chi connectivity index (χ4n) is 3.11. The van der Waals surface area contributed by atoms with Crippen molar-refractivity contribution in [1.29, 1.82) is 0 Å². The molecule has 0 spiro atoms. The third-order valence-electron chi connectivity index (χ3n) is 4.49. The van der Waals surface area contributed by atoms with Crippen LogP contribution in [0, 0.1) is 0 Å². The van der Waals surface area contributed by atoms with E-state index in [2.05, 4.69) is 10.2 Å². The summed E-state index contributed by atoms with van der Waals surface area (Å²) in [6.07, 6.45) is 2.05. The molecule has 0 saturated carbocycles. The van der Waals surface area contributed by atoms with Crippen LogP contribution >= 0.6 is 11.6 Å². The second kappa shape index (κ2) is 8.64. The first kappa shape index (κ1) is 18.2. The van der Waals surface area contributed by atoms with Crippen molar-refractivity contribution in [2.75, 3.05) is 26.7 Å². The summed E-state index contributed by atoms with van der Waals surface area (Å²) in [4.78, 5) is 14.5. The van der Waals surface area contributed by atoms with Gasteiger partial charge in [-0.05, 0) is 31.4 Å². The second-order valence-corrected chi connectivity index (χ2v) is 6.46. The summed E-state index contributed by atoms with van der Waals surface area (Å²) >= 11 is 6.18. The minimum Gasteiger partial charge on any atom is -0.381 e. The number of benzene rings is 1. The molecule has 1 aliphatic rings. The van der Waals surface area contributed by atoms with E-state index in [1.807, 2.05) is 31.2 Å². The summed E-state index contributed by atoms with van der Waals surface area (Å²) in [6, 6.07) is 7.63. The van der Waals surface area contributed by atoms with E-state index < -0.39 is 0 Å². The molecule has 0 aliphatic carbocycles. The third kappa shape index (κ3) is 4.91. The van der Waals surface area contributed by atoms with E-state index in [0.29, 0.717) is 18.1 Å². The van der Waals surface area contributed by atoms with Crippen LogP contribution in [0.2, 0.25) is 5.02 Å². The SMILES string of the molecule is COC1CCN(CC(=O)NC(C)c2ccccc2Cl)C(CN)C1. The van der Waals surface area contributed by atoms with E-state index in [1.54, 1.807) is 7.11 Å². The number of amides is 1. The Kier molecular flexibility index (Phi) is 6.84. The molecule has 3 unspecified atom stereocenters. The Hall–Kier alpha value is -1.14. The predicted molar refractivity (Wildman–Crippen MR) is 92.5 cm³/mol. The first-order chi connectivity index (χ1) is 11.0. The predicted octanol–water partition coefficient (Wildman–Crippen LogP) is 1.96. The second-order valence-electron chi connectivity index (χ2n) is 6.05. The molecule has 3 N–H and O–H groups in total. The average molecular weight is 340 g/mol. The molecule has 1 aromatic carbocycles. The van der Waals surface area contributed by atoms with Gasteiger partial charge in [-0.2, -0.15) is 0 Å². The smallest absolute Gasteiger partial charge is 0.234 e. The van der Waals surface area contributed by atoms with E-state index in [4.69, 9.17) is 22.1 Å². The standard InChI is InChI=1S/C17H26ClN3O2/c1-12(15-5-3-4-6-16(15)18)20-17(22)11-21-8-7-14(23-2)9-13(21)10-19/h3-6,12-14H,7-11,19H2,1-2H3,(H,20,22). The zero-order chi connectivity index (χ0) is 16.8. The fraction of sp³-hybridized carbons (Fsp3) is 0.588. The molecule has 5 nitrogen and oxygen atoms in total. The van der Waals surface area contributed by atoms with Crippen LogP contribution < -0.4 is 11.1 Å². The summed E-state index contributed by atoms with van der Waals surface area (Å²) in [5.41, 5.74) is 6.78. The van der Waals surface area contributed by atoms with E-state index in [-0.39, 0.29) is 24.1 Å². The lowest BCUT2D eigenvalue weighted by Crippen LogP contribution is -2.51. The highest BCUT2D eigenvalue weighted by atomic mass is 35.5. The minimum absolute atomic E-state index is 0.00765. The van der Waals surface area contributed by atoms with Gasteiger partial charge in [-0.15, -0.1) is 0 Å². The molecule has 1 amide bonds. The number of nitrogens with one attached hydrogen (secondary N) is 1. The number of ether oxygens (including phenoxy) is 1. The van der Waals surface area contributed by atoms with Gasteiger partial charge in [-0.3, -0.25) is 9.69 Å². The zero-order valence-electron chi connectivity index (χ0n) is 13.8. The van der Waals surface area contributed by atoms with Crippen LogP contribution in [-0.4, -0.2) is 49.7 Å². The fourth-order valence-corrected chi connectivity index (χ4v) is 3.41. The van der Waals surface area contributed by atoms with Gasteiger partial charge >= 0.3 is 0 Å². The number of methoxy groups -OCH3 is 1. The number of likely N-dealkylation sites (tertiary alicyclic amines) is 1. The first-order valence-electron chi connectivity index (χ1n) is 8.05. The monoisotopic (exact) mass is 339 g/mol. The number of carbonyl (C=O) groups excluding carboxylic acids is 1. The number of hydrogen-bond acceptors (Lipinski definition) is 4. The van der Waals surface area contributed by atoms with Crippen molar-refractivity contribution in [3.8, 4) is 0 Å².